The SMILES string of the molecule is O=C(CCC(=O)c1ccc(Cl)cc1)Nc1cccc(F)c1. The Balaban J connectivity index is 1.86. The predicted molar refractivity (Wildman–Crippen MR) is 80.0 cm³/mol. The number of benzene rings is 2. The minimum atomic E-state index is -0.426. The molecule has 0 spiro atoms. The molecule has 0 heterocycles. The van der Waals surface area contributed by atoms with Crippen LogP contribution in [0.1, 0.15) is 23.2 Å². The van der Waals surface area contributed by atoms with Crippen LogP contribution < -0.4 is 5.32 Å². The van der Waals surface area contributed by atoms with E-state index in [0.717, 1.165) is 0 Å². The number of Topliss-reactive ketones (excluding diaryl/α,β-unsaturated/α-hetero) is 1. The van der Waals surface area contributed by atoms with E-state index in [1.54, 1.807) is 30.3 Å². The van der Waals surface area contributed by atoms with Crippen LogP contribution in [-0.4, -0.2) is 11.7 Å². The lowest BCUT2D eigenvalue weighted by atomic mass is 10.1. The van der Waals surface area contributed by atoms with Crippen LogP contribution in [0.15, 0.2) is 48.5 Å². The summed E-state index contributed by atoms with van der Waals surface area (Å²) in [7, 11) is 0. The molecule has 0 atom stereocenters. The van der Waals surface area contributed by atoms with Gasteiger partial charge >= 0.3 is 0 Å². The van der Waals surface area contributed by atoms with Crippen molar-refractivity contribution in [2.75, 3.05) is 5.32 Å². The first-order valence-electron chi connectivity index (χ1n) is 6.39. The number of hydrogen-bond donors (Lipinski definition) is 1. The molecule has 108 valence electrons. The molecule has 2 aromatic carbocycles. The topological polar surface area (TPSA) is 46.2 Å². The molecular weight excluding hydrogens is 293 g/mol. The van der Waals surface area contributed by atoms with Crippen molar-refractivity contribution in [2.45, 2.75) is 12.8 Å². The highest BCUT2D eigenvalue weighted by molar-refractivity contribution is 6.30. The number of hydrogen-bond acceptors (Lipinski definition) is 2. The van der Waals surface area contributed by atoms with Crippen LogP contribution in [0.3, 0.4) is 0 Å². The largest absolute Gasteiger partial charge is 0.326 e. The van der Waals surface area contributed by atoms with Crippen molar-refractivity contribution >= 4 is 29.0 Å². The third-order valence-corrected chi connectivity index (χ3v) is 3.11. The normalized spacial score (nSPS) is 10.2. The Morgan fingerprint density at radius 3 is 2.43 bits per heavy atom. The number of ketones is 1. The molecule has 0 saturated heterocycles. The third kappa shape index (κ3) is 4.68. The number of halogens is 2. The lowest BCUT2D eigenvalue weighted by molar-refractivity contribution is -0.116. The maximum Gasteiger partial charge on any atom is 0.224 e. The molecule has 0 aromatic heterocycles. The van der Waals surface area contributed by atoms with E-state index in [4.69, 9.17) is 11.6 Å². The average molecular weight is 306 g/mol. The zero-order valence-electron chi connectivity index (χ0n) is 11.1. The van der Waals surface area contributed by atoms with E-state index in [1.165, 1.54) is 18.2 Å². The van der Waals surface area contributed by atoms with E-state index in [9.17, 15) is 14.0 Å². The fraction of sp³-hybridized carbons (Fsp3) is 0.125. The lowest BCUT2D eigenvalue weighted by Crippen LogP contribution is -2.13. The van der Waals surface area contributed by atoms with E-state index in [2.05, 4.69) is 5.32 Å². The summed E-state index contributed by atoms with van der Waals surface area (Å²) in [5.41, 5.74) is 0.886. The summed E-state index contributed by atoms with van der Waals surface area (Å²) in [6.45, 7) is 0. The van der Waals surface area contributed by atoms with E-state index < -0.39 is 5.82 Å². The van der Waals surface area contributed by atoms with Crippen molar-refractivity contribution in [3.63, 3.8) is 0 Å². The van der Waals surface area contributed by atoms with Gasteiger partial charge in [-0.05, 0) is 42.5 Å². The van der Waals surface area contributed by atoms with E-state index in [1.807, 2.05) is 0 Å². The molecule has 2 rings (SSSR count). The van der Waals surface area contributed by atoms with E-state index >= 15 is 0 Å². The molecule has 0 fully saturated rings. The number of carbonyl (C=O) groups is 2. The Labute approximate surface area is 126 Å². The lowest BCUT2D eigenvalue weighted by Gasteiger charge is -2.05. The number of rotatable bonds is 5. The Morgan fingerprint density at radius 2 is 1.76 bits per heavy atom. The highest BCUT2D eigenvalue weighted by Crippen LogP contribution is 2.13. The van der Waals surface area contributed by atoms with Crippen molar-refractivity contribution in [3.8, 4) is 0 Å². The molecule has 1 amide bonds. The van der Waals surface area contributed by atoms with E-state index in [0.29, 0.717) is 16.3 Å². The van der Waals surface area contributed by atoms with Gasteiger partial charge in [0.25, 0.3) is 0 Å². The Kier molecular flexibility index (Phi) is 5.06. The molecule has 0 bridgehead atoms. The van der Waals surface area contributed by atoms with Gasteiger partial charge in [0, 0.05) is 29.1 Å². The van der Waals surface area contributed by atoms with Gasteiger partial charge in [0.2, 0.25) is 5.91 Å². The van der Waals surface area contributed by atoms with Crippen LogP contribution in [0.4, 0.5) is 10.1 Å². The predicted octanol–water partition coefficient (Wildman–Crippen LogP) is 4.08. The molecule has 0 aliphatic heterocycles. The molecule has 0 aliphatic carbocycles. The van der Waals surface area contributed by atoms with Crippen molar-refractivity contribution in [1.82, 2.24) is 0 Å². The van der Waals surface area contributed by atoms with E-state index in [-0.39, 0.29) is 24.5 Å². The molecule has 5 heteroatoms. The number of carbonyl (C=O) groups excluding carboxylic acids is 2. The summed E-state index contributed by atoms with van der Waals surface area (Å²) in [6, 6.07) is 12.1. The molecule has 1 N–H and O–H groups in total. The average Bonchev–Trinajstić information content (AvgIpc) is 2.45. The molecule has 0 unspecified atom stereocenters. The Morgan fingerprint density at radius 1 is 1.05 bits per heavy atom. The van der Waals surface area contributed by atoms with Crippen molar-refractivity contribution in [2.24, 2.45) is 0 Å². The van der Waals surface area contributed by atoms with Gasteiger partial charge in [-0.1, -0.05) is 17.7 Å². The maximum atomic E-state index is 13.0. The third-order valence-electron chi connectivity index (χ3n) is 2.85. The number of amides is 1. The van der Waals surface area contributed by atoms with Crippen LogP contribution in [0.5, 0.6) is 0 Å². The molecule has 2 aromatic rings. The number of anilines is 1. The summed E-state index contributed by atoms with van der Waals surface area (Å²) >= 11 is 5.74. The molecule has 0 radical (unpaired) electrons. The van der Waals surface area contributed by atoms with Crippen LogP contribution in [0.25, 0.3) is 0 Å². The van der Waals surface area contributed by atoms with Gasteiger partial charge in [-0.25, -0.2) is 4.39 Å². The highest BCUT2D eigenvalue weighted by Gasteiger charge is 2.09. The summed E-state index contributed by atoms with van der Waals surface area (Å²) in [5.74, 6) is -0.894. The summed E-state index contributed by atoms with van der Waals surface area (Å²) < 4.78 is 13.0. The van der Waals surface area contributed by atoms with Crippen LogP contribution in [-0.2, 0) is 4.79 Å². The summed E-state index contributed by atoms with van der Waals surface area (Å²) in [5, 5.41) is 3.10. The van der Waals surface area contributed by atoms with Gasteiger partial charge in [-0.15, -0.1) is 0 Å². The van der Waals surface area contributed by atoms with Gasteiger partial charge in [0.05, 0.1) is 0 Å². The van der Waals surface area contributed by atoms with Crippen LogP contribution >= 0.6 is 11.6 Å². The zero-order chi connectivity index (χ0) is 15.2. The highest BCUT2D eigenvalue weighted by atomic mass is 35.5. The summed E-state index contributed by atoms with van der Waals surface area (Å²) in [4.78, 5) is 23.6. The fourth-order valence-corrected chi connectivity index (χ4v) is 1.92. The first-order valence-corrected chi connectivity index (χ1v) is 6.76. The van der Waals surface area contributed by atoms with Crippen molar-refractivity contribution in [1.29, 1.82) is 0 Å². The zero-order valence-corrected chi connectivity index (χ0v) is 11.9. The molecule has 0 saturated carbocycles. The minimum Gasteiger partial charge on any atom is -0.326 e. The summed E-state index contributed by atoms with van der Waals surface area (Å²) in [6.07, 6.45) is 0.126. The standard InChI is InChI=1S/C16H13ClFNO2/c17-12-6-4-11(5-7-12)15(20)8-9-16(21)19-14-3-1-2-13(18)10-14/h1-7,10H,8-9H2,(H,19,21). The van der Waals surface area contributed by atoms with Gasteiger partial charge in [0.15, 0.2) is 5.78 Å². The number of nitrogens with one attached hydrogen (secondary N) is 1. The van der Waals surface area contributed by atoms with Crippen LogP contribution in [0, 0.1) is 5.82 Å². The van der Waals surface area contributed by atoms with Crippen LogP contribution in [0.2, 0.25) is 5.02 Å². The second-order valence-electron chi connectivity index (χ2n) is 4.49. The molecular formula is C16H13ClFNO2. The minimum absolute atomic E-state index is 0.0397. The van der Waals surface area contributed by atoms with Crippen molar-refractivity contribution in [3.05, 3.63) is 64.9 Å². The molecule has 0 aliphatic rings. The Hall–Kier alpha value is -2.20. The van der Waals surface area contributed by atoms with Gasteiger partial charge in [-0.3, -0.25) is 9.59 Å². The fourth-order valence-electron chi connectivity index (χ4n) is 1.80. The first-order chi connectivity index (χ1) is 10.0. The molecule has 3 nitrogen and oxygen atoms in total. The first kappa shape index (κ1) is 15.2. The van der Waals surface area contributed by atoms with Gasteiger partial charge < -0.3 is 5.32 Å². The van der Waals surface area contributed by atoms with Gasteiger partial charge in [0.1, 0.15) is 5.82 Å². The van der Waals surface area contributed by atoms with Crippen molar-refractivity contribution < 1.29 is 14.0 Å². The quantitative estimate of drug-likeness (QED) is 0.846. The smallest absolute Gasteiger partial charge is 0.224 e. The maximum absolute atomic E-state index is 13.0. The second-order valence-corrected chi connectivity index (χ2v) is 4.93. The second kappa shape index (κ2) is 6.99. The Bertz CT molecular complexity index is 656. The monoisotopic (exact) mass is 305 g/mol. The molecule has 21 heavy (non-hydrogen) atoms. The van der Waals surface area contributed by atoms with Gasteiger partial charge in [-0.2, -0.15) is 0 Å².